The van der Waals surface area contributed by atoms with E-state index in [-0.39, 0.29) is 6.61 Å². The number of benzene rings is 2. The third-order valence-corrected chi connectivity index (χ3v) is 4.13. The largest absolute Gasteiger partial charge is 0.392 e. The Hall–Kier alpha value is -3.05. The van der Waals surface area contributed by atoms with E-state index < -0.39 is 6.04 Å². The number of carbonyl (C=O) groups is 1. The van der Waals surface area contributed by atoms with Gasteiger partial charge in [-0.3, -0.25) is 0 Å². The summed E-state index contributed by atoms with van der Waals surface area (Å²) in [6.07, 6.45) is 0.854. The summed E-state index contributed by atoms with van der Waals surface area (Å²) in [5, 5.41) is 13.8. The lowest BCUT2D eigenvalue weighted by Gasteiger charge is -2.23. The molecule has 4 rings (SSSR count). The number of pyridine rings is 1. The van der Waals surface area contributed by atoms with E-state index in [9.17, 15) is 9.90 Å². The summed E-state index contributed by atoms with van der Waals surface area (Å²) in [5.41, 5.74) is 3.63. The van der Waals surface area contributed by atoms with Crippen LogP contribution in [0.3, 0.4) is 0 Å². The van der Waals surface area contributed by atoms with Crippen molar-refractivity contribution in [3.8, 4) is 0 Å². The Morgan fingerprint density at radius 3 is 2.75 bits per heavy atom. The lowest BCUT2D eigenvalue weighted by molar-refractivity contribution is -0.109. The predicted octanol–water partition coefficient (Wildman–Crippen LogP) is 2.65. The molecule has 5 nitrogen and oxygen atoms in total. The maximum atomic E-state index is 11.5. The van der Waals surface area contributed by atoms with Crippen LogP contribution in [0.15, 0.2) is 59.6 Å². The van der Waals surface area contributed by atoms with Crippen LogP contribution >= 0.6 is 0 Å². The number of fused-ring (bicyclic) bond motifs is 2. The molecule has 5 heteroatoms. The van der Waals surface area contributed by atoms with Gasteiger partial charge in [-0.2, -0.15) is 0 Å². The van der Waals surface area contributed by atoms with Crippen molar-refractivity contribution in [2.75, 3.05) is 0 Å². The van der Waals surface area contributed by atoms with Gasteiger partial charge in [-0.15, -0.1) is 0 Å². The zero-order valence-electron chi connectivity index (χ0n) is 12.8. The maximum absolute atomic E-state index is 11.5. The first-order valence-electron chi connectivity index (χ1n) is 7.69. The Labute approximate surface area is 138 Å². The number of nitrogens with zero attached hydrogens (tertiary/aromatic N) is 2. The topological polar surface area (TPSA) is 74.6 Å². The van der Waals surface area contributed by atoms with E-state index in [4.69, 9.17) is 0 Å². The van der Waals surface area contributed by atoms with Crippen molar-refractivity contribution in [1.29, 1.82) is 0 Å². The fraction of sp³-hybridized carbons (Fsp3) is 0.105. The number of amidine groups is 1. The van der Waals surface area contributed by atoms with Crippen LogP contribution in [0.4, 0.5) is 5.69 Å². The number of aliphatic imine (C=N–C) groups is 1. The number of nitrogens with one attached hydrogen (secondary N) is 1. The summed E-state index contributed by atoms with van der Waals surface area (Å²) < 4.78 is 0. The van der Waals surface area contributed by atoms with Gasteiger partial charge in [0.2, 0.25) is 0 Å². The van der Waals surface area contributed by atoms with Crippen LogP contribution < -0.4 is 5.32 Å². The van der Waals surface area contributed by atoms with Crippen molar-refractivity contribution in [2.24, 2.45) is 4.99 Å². The van der Waals surface area contributed by atoms with Gasteiger partial charge in [0.1, 0.15) is 18.0 Å². The second kappa shape index (κ2) is 5.86. The summed E-state index contributed by atoms with van der Waals surface area (Å²) in [5.74, 6) is 0.501. The fourth-order valence-corrected chi connectivity index (χ4v) is 2.94. The Morgan fingerprint density at radius 1 is 1.12 bits per heavy atom. The van der Waals surface area contributed by atoms with Crippen LogP contribution in [0, 0.1) is 0 Å². The van der Waals surface area contributed by atoms with Crippen molar-refractivity contribution < 1.29 is 9.90 Å². The van der Waals surface area contributed by atoms with Gasteiger partial charge in [0.05, 0.1) is 17.8 Å². The zero-order chi connectivity index (χ0) is 16.5. The predicted molar refractivity (Wildman–Crippen MR) is 92.2 cm³/mol. The monoisotopic (exact) mass is 317 g/mol. The molecule has 3 aromatic rings. The second-order valence-electron chi connectivity index (χ2n) is 5.62. The highest BCUT2D eigenvalue weighted by molar-refractivity contribution is 6.04. The average molecular weight is 317 g/mol. The Morgan fingerprint density at radius 2 is 1.92 bits per heavy atom. The Bertz CT molecular complexity index is 966. The lowest BCUT2D eigenvalue weighted by atomic mass is 10.0. The van der Waals surface area contributed by atoms with Crippen molar-refractivity contribution in [3.05, 3.63) is 71.4 Å². The third kappa shape index (κ3) is 2.35. The highest BCUT2D eigenvalue weighted by Crippen LogP contribution is 2.30. The fourth-order valence-electron chi connectivity index (χ4n) is 2.94. The maximum Gasteiger partial charge on any atom is 0.153 e. The summed E-state index contributed by atoms with van der Waals surface area (Å²) in [6.45, 7) is -0.152. The van der Waals surface area contributed by atoms with Gasteiger partial charge in [-0.1, -0.05) is 36.4 Å². The van der Waals surface area contributed by atoms with Crippen LogP contribution in [0.5, 0.6) is 0 Å². The van der Waals surface area contributed by atoms with Crippen LogP contribution in [-0.2, 0) is 11.4 Å². The molecule has 1 aromatic heterocycles. The molecule has 24 heavy (non-hydrogen) atoms. The van der Waals surface area contributed by atoms with Crippen LogP contribution in [0.25, 0.3) is 10.9 Å². The van der Waals surface area contributed by atoms with Gasteiger partial charge in [0, 0.05) is 16.5 Å². The number of hydrogen-bond donors (Lipinski definition) is 2. The highest BCUT2D eigenvalue weighted by atomic mass is 16.3. The van der Waals surface area contributed by atoms with Crippen LogP contribution in [-0.4, -0.2) is 22.2 Å². The summed E-state index contributed by atoms with van der Waals surface area (Å²) in [4.78, 5) is 20.7. The first-order valence-corrected chi connectivity index (χ1v) is 7.69. The smallest absolute Gasteiger partial charge is 0.153 e. The van der Waals surface area contributed by atoms with Gasteiger partial charge >= 0.3 is 0 Å². The highest BCUT2D eigenvalue weighted by Gasteiger charge is 2.24. The number of hydrogen-bond acceptors (Lipinski definition) is 5. The minimum atomic E-state index is -0.478. The normalized spacial score (nSPS) is 16.2. The van der Waals surface area contributed by atoms with E-state index in [0.29, 0.717) is 17.1 Å². The van der Waals surface area contributed by atoms with Crippen molar-refractivity contribution in [3.63, 3.8) is 0 Å². The number of aldehydes is 1. The Balaban J connectivity index is 1.91. The number of para-hydroxylation sites is 2. The molecule has 1 unspecified atom stereocenters. The first-order chi connectivity index (χ1) is 11.8. The molecule has 0 aliphatic carbocycles. The van der Waals surface area contributed by atoms with Crippen molar-refractivity contribution in [1.82, 2.24) is 10.3 Å². The molecule has 2 aromatic carbocycles. The SMILES string of the molecule is O=CC1NC(c2nc3ccccc3cc2CO)=Nc2ccccc21. The quantitative estimate of drug-likeness (QED) is 0.728. The molecule has 1 aliphatic heterocycles. The molecule has 0 bridgehead atoms. The number of carbonyl (C=O) groups excluding carboxylic acids is 1. The molecule has 1 atom stereocenters. The molecule has 0 fully saturated rings. The van der Waals surface area contributed by atoms with E-state index in [1.807, 2.05) is 54.6 Å². The first kappa shape index (κ1) is 14.5. The molecule has 2 N–H and O–H groups in total. The molecular formula is C19H15N3O2. The molecule has 0 amide bonds. The summed E-state index contributed by atoms with van der Waals surface area (Å²) >= 11 is 0. The van der Waals surface area contributed by atoms with Gasteiger partial charge in [0.15, 0.2) is 5.84 Å². The molecule has 118 valence electrons. The zero-order valence-corrected chi connectivity index (χ0v) is 12.8. The summed E-state index contributed by atoms with van der Waals surface area (Å²) in [7, 11) is 0. The Kier molecular flexibility index (Phi) is 3.55. The van der Waals surface area contributed by atoms with Gasteiger partial charge in [-0.05, 0) is 18.2 Å². The lowest BCUT2D eigenvalue weighted by Crippen LogP contribution is -2.34. The van der Waals surface area contributed by atoms with E-state index in [2.05, 4.69) is 15.3 Å². The summed E-state index contributed by atoms with van der Waals surface area (Å²) in [6, 6.07) is 16.6. The van der Waals surface area contributed by atoms with Gasteiger partial charge in [0.25, 0.3) is 0 Å². The number of aliphatic hydroxyl groups is 1. The van der Waals surface area contributed by atoms with Crippen molar-refractivity contribution >= 4 is 28.7 Å². The third-order valence-electron chi connectivity index (χ3n) is 4.13. The second-order valence-corrected chi connectivity index (χ2v) is 5.62. The number of aromatic nitrogens is 1. The van der Waals surface area contributed by atoms with E-state index in [1.54, 1.807) is 0 Å². The molecule has 0 radical (unpaired) electrons. The minimum Gasteiger partial charge on any atom is -0.392 e. The molecule has 0 spiro atoms. The standard InChI is InChI=1S/C19H15N3O2/c23-10-13-9-12-5-1-3-7-15(12)20-18(13)19-21-16-8-4-2-6-14(16)17(11-24)22-19/h1-9,11,17,23H,10H2,(H,21,22). The molecular weight excluding hydrogens is 302 g/mol. The molecule has 0 saturated carbocycles. The number of aliphatic hydroxyl groups excluding tert-OH is 1. The van der Waals surface area contributed by atoms with Crippen LogP contribution in [0.1, 0.15) is 22.9 Å². The average Bonchev–Trinajstić information content (AvgIpc) is 2.65. The molecule has 1 aliphatic rings. The van der Waals surface area contributed by atoms with E-state index >= 15 is 0 Å². The van der Waals surface area contributed by atoms with Gasteiger partial charge < -0.3 is 15.2 Å². The van der Waals surface area contributed by atoms with Crippen molar-refractivity contribution in [2.45, 2.75) is 12.6 Å². The number of rotatable bonds is 3. The van der Waals surface area contributed by atoms with Crippen LogP contribution in [0.2, 0.25) is 0 Å². The van der Waals surface area contributed by atoms with E-state index in [1.165, 1.54) is 0 Å². The van der Waals surface area contributed by atoms with E-state index in [0.717, 1.165) is 28.4 Å². The molecule has 0 saturated heterocycles. The van der Waals surface area contributed by atoms with Gasteiger partial charge in [-0.25, -0.2) is 9.98 Å². The molecule has 2 heterocycles. The minimum absolute atomic E-state index is 0.152.